The van der Waals surface area contributed by atoms with Crippen LogP contribution in [0, 0.1) is 13.8 Å². The number of aromatic nitrogens is 6. The van der Waals surface area contributed by atoms with Crippen LogP contribution in [0.1, 0.15) is 91.5 Å². The van der Waals surface area contributed by atoms with Crippen molar-refractivity contribution in [3.63, 3.8) is 0 Å². The van der Waals surface area contributed by atoms with Crippen molar-refractivity contribution in [3.05, 3.63) is 137 Å². The molecule has 12 rings (SSSR count). The molecular weight excluding hydrogens is 1080 g/mol. The summed E-state index contributed by atoms with van der Waals surface area (Å²) in [5.74, 6) is 2.15. The number of benzene rings is 2. The third-order valence-electron chi connectivity index (χ3n) is 16.3. The number of amides is 1. The van der Waals surface area contributed by atoms with Gasteiger partial charge in [0.25, 0.3) is 11.1 Å². The highest BCUT2D eigenvalue weighted by molar-refractivity contribution is 7.22. The van der Waals surface area contributed by atoms with Gasteiger partial charge in [-0.05, 0) is 69.8 Å². The first kappa shape index (κ1) is 55.9. The molecule has 1 N–H and O–H groups in total. The van der Waals surface area contributed by atoms with Gasteiger partial charge in [0.05, 0.1) is 85.5 Å². The van der Waals surface area contributed by atoms with E-state index in [-0.39, 0.29) is 60.2 Å². The minimum atomic E-state index is -0.990. The van der Waals surface area contributed by atoms with Crippen LogP contribution in [0.2, 0.25) is 0 Å². The molecule has 6 aromatic heterocycles. The van der Waals surface area contributed by atoms with E-state index < -0.39 is 35.6 Å². The van der Waals surface area contributed by atoms with Gasteiger partial charge < -0.3 is 42.5 Å². The number of para-hydroxylation sites is 2. The Hall–Kier alpha value is -6.99. The average Bonchev–Trinajstić information content (AvgIpc) is 3.22. The first-order valence-electron chi connectivity index (χ1n) is 27.5. The second-order valence-electron chi connectivity index (χ2n) is 21.7. The van der Waals surface area contributed by atoms with Crippen LogP contribution < -0.4 is 32.0 Å². The van der Waals surface area contributed by atoms with Crippen LogP contribution in [-0.2, 0) is 27.3 Å². The van der Waals surface area contributed by atoms with E-state index in [0.29, 0.717) is 80.5 Å². The first-order chi connectivity index (χ1) is 39.2. The molecule has 1 aliphatic carbocycles. The monoisotopic (exact) mass is 1150 g/mol. The van der Waals surface area contributed by atoms with Gasteiger partial charge in [0.1, 0.15) is 65.0 Å². The van der Waals surface area contributed by atoms with Crippen molar-refractivity contribution in [2.24, 2.45) is 0 Å². The number of nitrogens with zero attached hydrogens (tertiary/aromatic N) is 8. The number of aryl methyl sites for hydroxylation is 2. The number of oxazole rings is 2. The molecule has 21 nitrogen and oxygen atoms in total. The van der Waals surface area contributed by atoms with Crippen LogP contribution in [0.4, 0.5) is 4.79 Å². The Balaban J connectivity index is 0.000000171. The highest BCUT2D eigenvalue weighted by atomic mass is 32.1. The summed E-state index contributed by atoms with van der Waals surface area (Å²) in [4.78, 5) is 81.3. The summed E-state index contributed by atoms with van der Waals surface area (Å²) in [5.41, 5.74) is 1.59. The Morgan fingerprint density at radius 2 is 1.15 bits per heavy atom. The molecule has 0 radical (unpaired) electrons. The molecule has 3 aliphatic heterocycles. The van der Waals surface area contributed by atoms with Crippen LogP contribution in [-0.4, -0.2) is 129 Å². The van der Waals surface area contributed by atoms with E-state index in [1.807, 2.05) is 69.4 Å². The van der Waals surface area contributed by atoms with Crippen molar-refractivity contribution < 1.29 is 46.9 Å². The summed E-state index contributed by atoms with van der Waals surface area (Å²) in [7, 11) is 6.82. The van der Waals surface area contributed by atoms with Crippen LogP contribution in [0.25, 0.3) is 42.0 Å². The number of ether oxygens (including phenoxy) is 5. The van der Waals surface area contributed by atoms with E-state index in [0.717, 1.165) is 60.1 Å². The van der Waals surface area contributed by atoms with E-state index in [1.165, 1.54) is 50.8 Å². The maximum Gasteiger partial charge on any atom is 0.513 e. The zero-order chi connectivity index (χ0) is 56.7. The fourth-order valence-electron chi connectivity index (χ4n) is 11.9. The molecule has 428 valence electrons. The van der Waals surface area contributed by atoms with Crippen molar-refractivity contribution in [1.29, 1.82) is 0 Å². The molecule has 1 unspecified atom stereocenters. The van der Waals surface area contributed by atoms with Gasteiger partial charge in [-0.25, -0.2) is 28.6 Å². The number of fused-ring (bicyclic) bond motifs is 2. The normalized spacial score (nSPS) is 19.9. The Morgan fingerprint density at radius 1 is 0.691 bits per heavy atom. The third kappa shape index (κ3) is 10.8. The van der Waals surface area contributed by atoms with Crippen LogP contribution in [0.5, 0.6) is 11.5 Å². The lowest BCUT2D eigenvalue weighted by Gasteiger charge is -2.42. The zero-order valence-corrected chi connectivity index (χ0v) is 47.9. The van der Waals surface area contributed by atoms with E-state index in [9.17, 15) is 29.1 Å². The van der Waals surface area contributed by atoms with Crippen molar-refractivity contribution in [2.75, 3.05) is 67.7 Å². The molecule has 2 aromatic carbocycles. The standard InChI is InChI=1S/C30H34N4O7S.C28H32N4O6S/c1-18-24-27(35)33(19-16-34(2,17-19)30(37)38)29(36)32(28(24)42-25(18)26-31-13-14-40-26)15-23(41-20-9-5-4-6-10-20)21-11-7-8-12-22(21)39-3;1-17-23-26(33)32(18-14-30(2)15-18)28(34)31(27(23)39-24(17)25-29-10-13-37-25)16-22(38-19-8-11-36-12-9-19)20-6-4-5-7-21(20)35-3/h7-8,11-14,19-20,23H,4-6,9-10,15-17H2,1-3H3;4-7,10,13,18-19,22H,8-9,11-12,14-16H2,1-3H3/p+1/t19?,23-,34?;/m0./s1. The number of likely N-dealkylation sites (N-methyl/N-ethyl adjacent to an activating group) is 2. The van der Waals surface area contributed by atoms with Crippen LogP contribution in [0.15, 0.2) is 101 Å². The highest BCUT2D eigenvalue weighted by Gasteiger charge is 2.49. The molecule has 4 aliphatic rings. The molecule has 0 bridgehead atoms. The average molecular weight is 1150 g/mol. The summed E-state index contributed by atoms with van der Waals surface area (Å²) < 4.78 is 47.3. The predicted octanol–water partition coefficient (Wildman–Crippen LogP) is 8.59. The van der Waals surface area contributed by atoms with Crippen molar-refractivity contribution in [1.82, 2.24) is 33.1 Å². The molecule has 1 saturated carbocycles. The van der Waals surface area contributed by atoms with E-state index in [2.05, 4.69) is 14.9 Å². The quantitative estimate of drug-likeness (QED) is 0.0894. The molecule has 3 saturated heterocycles. The maximum absolute atomic E-state index is 14.3. The van der Waals surface area contributed by atoms with Gasteiger partial charge in [0, 0.05) is 37.4 Å². The van der Waals surface area contributed by atoms with Gasteiger partial charge in [-0.2, -0.15) is 4.79 Å². The highest BCUT2D eigenvalue weighted by Crippen LogP contribution is 2.41. The number of carbonyl (C=O) groups is 1. The summed E-state index contributed by atoms with van der Waals surface area (Å²) in [6.45, 7) is 6.93. The van der Waals surface area contributed by atoms with Gasteiger partial charge in [-0.1, -0.05) is 55.7 Å². The molecule has 0 spiro atoms. The van der Waals surface area contributed by atoms with Crippen molar-refractivity contribution in [2.45, 2.75) is 108 Å². The number of hydrogen-bond acceptors (Lipinski definition) is 17. The lowest BCUT2D eigenvalue weighted by molar-refractivity contribution is -0.885. The van der Waals surface area contributed by atoms with Gasteiger partial charge in [0.2, 0.25) is 11.8 Å². The minimum Gasteiger partial charge on any atom is -0.496 e. The molecule has 8 aromatic rings. The summed E-state index contributed by atoms with van der Waals surface area (Å²) in [6.07, 6.45) is 10.9. The number of hydrogen-bond donors (Lipinski definition) is 1. The van der Waals surface area contributed by atoms with Gasteiger partial charge >= 0.3 is 17.5 Å². The summed E-state index contributed by atoms with van der Waals surface area (Å²) >= 11 is 2.64. The van der Waals surface area contributed by atoms with Crippen molar-refractivity contribution >= 4 is 49.2 Å². The second kappa shape index (κ2) is 23.5. The number of quaternary nitrogens is 1. The molecule has 9 heterocycles. The van der Waals surface area contributed by atoms with E-state index in [4.69, 9.17) is 32.5 Å². The number of methoxy groups -OCH3 is 2. The molecule has 1 amide bonds. The zero-order valence-electron chi connectivity index (χ0n) is 46.2. The van der Waals surface area contributed by atoms with Gasteiger partial charge in [0.15, 0.2) is 0 Å². The SMILES string of the molecule is COc1ccccc1C(Cn1c(=O)n(C2CN(C)C2)c(=O)c2c(C)c(-c3ncco3)sc21)OC1CCOCC1.COc1ccccc1[C@H](Cn1c(=O)n(C2C[N+](C)(C(=O)O)C2)c(=O)c2c(C)c(-c3ncco3)sc21)OC1CCCCC1. The van der Waals surface area contributed by atoms with Crippen LogP contribution in [0.3, 0.4) is 0 Å². The number of likely N-dealkylation sites (tertiary alicyclic amines) is 2. The molecule has 4 fully saturated rings. The Labute approximate surface area is 473 Å². The van der Waals surface area contributed by atoms with E-state index in [1.54, 1.807) is 42.8 Å². The molecule has 81 heavy (non-hydrogen) atoms. The predicted molar refractivity (Wildman–Crippen MR) is 305 cm³/mol. The van der Waals surface area contributed by atoms with Gasteiger partial charge in [-0.15, -0.1) is 22.7 Å². The summed E-state index contributed by atoms with van der Waals surface area (Å²) in [6, 6.07) is 14.6. The lowest BCUT2D eigenvalue weighted by atomic mass is 9.97. The molecule has 2 atom stereocenters. The molecule has 23 heteroatoms. The minimum absolute atomic E-state index is 0.0148. The van der Waals surface area contributed by atoms with Crippen LogP contribution >= 0.6 is 22.7 Å². The second-order valence-corrected chi connectivity index (χ2v) is 23.7. The smallest absolute Gasteiger partial charge is 0.496 e. The molecular formula is C58H67N8O13S2+. The Bertz CT molecular complexity index is 3800. The Morgan fingerprint density at radius 3 is 1.58 bits per heavy atom. The maximum atomic E-state index is 14.3. The number of rotatable bonds is 16. The van der Waals surface area contributed by atoms with Gasteiger partial charge in [-0.3, -0.25) is 23.3 Å². The Kier molecular flexibility index (Phi) is 16.2. The van der Waals surface area contributed by atoms with Crippen molar-refractivity contribution in [3.8, 4) is 33.0 Å². The first-order valence-corrected chi connectivity index (χ1v) is 29.1. The fraction of sp³-hybridized carbons (Fsp3) is 0.466. The summed E-state index contributed by atoms with van der Waals surface area (Å²) in [5, 5.41) is 10.6. The lowest BCUT2D eigenvalue weighted by Crippen LogP contribution is -2.66. The number of carboxylic acid groups (broad SMARTS) is 1. The van der Waals surface area contributed by atoms with E-state index >= 15 is 0 Å². The topological polar surface area (TPSA) is 227 Å². The third-order valence-corrected chi connectivity index (χ3v) is 18.9. The fourth-order valence-corrected chi connectivity index (χ4v) is 14.4. The largest absolute Gasteiger partial charge is 0.513 e. The number of thiophene rings is 2.